The zero-order valence-electron chi connectivity index (χ0n) is 39.9. The molecule has 0 fully saturated rings. The van der Waals surface area contributed by atoms with Crippen molar-refractivity contribution in [2.45, 2.75) is 283 Å². The van der Waals surface area contributed by atoms with E-state index >= 15 is 0 Å². The number of hydrogen-bond donors (Lipinski definition) is 3. The second-order valence-electron chi connectivity index (χ2n) is 17.8. The summed E-state index contributed by atoms with van der Waals surface area (Å²) in [6, 6.07) is -0.634. The number of esters is 1. The summed E-state index contributed by atoms with van der Waals surface area (Å²) in [5.41, 5.74) is 0. The maximum Gasteiger partial charge on any atom is 0.305 e. The summed E-state index contributed by atoms with van der Waals surface area (Å²) in [4.78, 5) is 24.4. The van der Waals surface area contributed by atoms with Gasteiger partial charge < -0.3 is 20.3 Å². The Kier molecular flexibility index (Phi) is 48.1. The predicted octanol–water partition coefficient (Wildman–Crippen LogP) is 15.7. The Morgan fingerprint density at radius 1 is 0.450 bits per heavy atom. The van der Waals surface area contributed by atoms with E-state index in [9.17, 15) is 19.8 Å². The van der Waals surface area contributed by atoms with Crippen molar-refractivity contribution in [2.75, 3.05) is 13.2 Å². The smallest absolute Gasteiger partial charge is 0.305 e. The van der Waals surface area contributed by atoms with Crippen LogP contribution in [0.25, 0.3) is 0 Å². The molecule has 0 aliphatic heterocycles. The van der Waals surface area contributed by atoms with Gasteiger partial charge in [-0.1, -0.05) is 211 Å². The van der Waals surface area contributed by atoms with E-state index in [4.69, 9.17) is 4.74 Å². The number of carbonyl (C=O) groups excluding carboxylic acids is 2. The second-order valence-corrected chi connectivity index (χ2v) is 17.8. The molecule has 0 heterocycles. The molecule has 0 saturated carbocycles. The van der Waals surface area contributed by atoms with Crippen molar-refractivity contribution < 1.29 is 24.5 Å². The molecule has 6 nitrogen and oxygen atoms in total. The van der Waals surface area contributed by atoms with Gasteiger partial charge in [0.25, 0.3) is 0 Å². The maximum absolute atomic E-state index is 12.4. The molecule has 2 atom stereocenters. The SMILES string of the molecule is CCCCC/C=C\CCCCCCCC(=O)OCCCCCCCCCC/C=C\CCCCCCCCCC(=O)NC(CO)C(O)/C=C/CCCCCCCCCCCC. The van der Waals surface area contributed by atoms with Gasteiger partial charge in [0.2, 0.25) is 5.91 Å². The van der Waals surface area contributed by atoms with E-state index in [1.54, 1.807) is 6.08 Å². The fourth-order valence-corrected chi connectivity index (χ4v) is 7.80. The van der Waals surface area contributed by atoms with Gasteiger partial charge in [0.1, 0.15) is 0 Å². The highest BCUT2D eigenvalue weighted by Gasteiger charge is 2.18. The number of aliphatic hydroxyl groups is 2. The molecule has 0 aliphatic carbocycles. The number of rotatable bonds is 48. The first-order valence-electron chi connectivity index (χ1n) is 26.3. The minimum Gasteiger partial charge on any atom is -0.466 e. The van der Waals surface area contributed by atoms with Crippen LogP contribution in [-0.2, 0) is 14.3 Å². The third kappa shape index (κ3) is 45.6. The first-order chi connectivity index (χ1) is 29.5. The van der Waals surface area contributed by atoms with E-state index in [2.05, 4.69) is 43.5 Å². The van der Waals surface area contributed by atoms with Gasteiger partial charge in [0, 0.05) is 12.8 Å². The fraction of sp³-hybridized carbons (Fsp3) is 0.852. The second kappa shape index (κ2) is 49.7. The average Bonchev–Trinajstić information content (AvgIpc) is 3.25. The van der Waals surface area contributed by atoms with E-state index in [0.29, 0.717) is 19.4 Å². The van der Waals surface area contributed by atoms with Gasteiger partial charge in [-0.15, -0.1) is 0 Å². The summed E-state index contributed by atoms with van der Waals surface area (Å²) in [7, 11) is 0. The first kappa shape index (κ1) is 58.1. The molecule has 2 unspecified atom stereocenters. The maximum atomic E-state index is 12.4. The van der Waals surface area contributed by atoms with Crippen molar-refractivity contribution in [3.05, 3.63) is 36.5 Å². The van der Waals surface area contributed by atoms with E-state index < -0.39 is 12.1 Å². The normalized spacial score (nSPS) is 12.9. The molecule has 0 aromatic carbocycles. The number of allylic oxidation sites excluding steroid dienone is 5. The number of ether oxygens (including phenoxy) is 1. The standard InChI is InChI=1S/C54H101NO5/c1-3-5-7-9-11-13-15-26-30-34-38-42-46-52(57)51(50-56)55-53(58)47-43-39-35-31-27-24-22-20-18-17-19-21-23-25-29-33-37-41-45-49-60-54(59)48-44-40-36-32-28-16-14-12-10-8-6-4-2/h12,14,17-18,42,46,51-52,56-57H,3-11,13,15-16,19-41,43-45,47-50H2,1-2H3,(H,55,58)/b14-12-,18-17-,46-42+. The number of unbranched alkanes of at least 4 members (excludes halogenated alkanes) is 33. The molecule has 0 aromatic heterocycles. The van der Waals surface area contributed by atoms with Crippen LogP contribution in [0.1, 0.15) is 271 Å². The molecule has 352 valence electrons. The molecule has 0 spiro atoms. The highest BCUT2D eigenvalue weighted by molar-refractivity contribution is 5.76. The van der Waals surface area contributed by atoms with Gasteiger partial charge >= 0.3 is 5.97 Å². The van der Waals surface area contributed by atoms with Crippen LogP contribution in [0.5, 0.6) is 0 Å². The van der Waals surface area contributed by atoms with E-state index in [1.807, 2.05) is 6.08 Å². The Labute approximate surface area is 373 Å². The molecule has 6 heteroatoms. The zero-order valence-corrected chi connectivity index (χ0v) is 39.9. The van der Waals surface area contributed by atoms with Crippen molar-refractivity contribution in [3.63, 3.8) is 0 Å². The topological polar surface area (TPSA) is 95.9 Å². The van der Waals surface area contributed by atoms with Gasteiger partial charge in [0.15, 0.2) is 0 Å². The number of amides is 1. The molecular formula is C54H101NO5. The lowest BCUT2D eigenvalue weighted by molar-refractivity contribution is -0.143. The van der Waals surface area contributed by atoms with Crippen LogP contribution in [0.2, 0.25) is 0 Å². The molecule has 0 saturated heterocycles. The van der Waals surface area contributed by atoms with Crippen molar-refractivity contribution >= 4 is 11.9 Å². The van der Waals surface area contributed by atoms with E-state index in [1.165, 1.54) is 193 Å². The van der Waals surface area contributed by atoms with Crippen LogP contribution in [0.15, 0.2) is 36.5 Å². The summed E-state index contributed by atoms with van der Waals surface area (Å²) in [5.74, 6) is -0.0869. The molecule has 0 aliphatic rings. The van der Waals surface area contributed by atoms with Gasteiger partial charge in [0.05, 0.1) is 25.4 Å². The molecular weight excluding hydrogens is 743 g/mol. The number of aliphatic hydroxyl groups excluding tert-OH is 2. The minimum absolute atomic E-state index is 0.00766. The summed E-state index contributed by atoms with van der Waals surface area (Å²) in [5, 5.41) is 23.0. The van der Waals surface area contributed by atoms with Crippen LogP contribution in [-0.4, -0.2) is 47.4 Å². The summed E-state index contributed by atoms with van der Waals surface area (Å²) < 4.78 is 5.45. The Morgan fingerprint density at radius 3 is 1.22 bits per heavy atom. The molecule has 60 heavy (non-hydrogen) atoms. The van der Waals surface area contributed by atoms with Gasteiger partial charge in [-0.25, -0.2) is 0 Å². The molecule has 3 N–H and O–H groups in total. The lowest BCUT2D eigenvalue weighted by atomic mass is 10.0. The fourth-order valence-electron chi connectivity index (χ4n) is 7.80. The Bertz CT molecular complexity index is 977. The average molecular weight is 844 g/mol. The Hall–Kier alpha value is -1.92. The highest BCUT2D eigenvalue weighted by Crippen LogP contribution is 2.15. The highest BCUT2D eigenvalue weighted by atomic mass is 16.5. The Balaban J connectivity index is 3.47. The third-order valence-electron chi connectivity index (χ3n) is 11.9. The zero-order chi connectivity index (χ0) is 43.7. The van der Waals surface area contributed by atoms with Crippen molar-refractivity contribution in [1.82, 2.24) is 5.32 Å². The van der Waals surface area contributed by atoms with Crippen LogP contribution in [0.3, 0.4) is 0 Å². The van der Waals surface area contributed by atoms with Crippen LogP contribution in [0.4, 0.5) is 0 Å². The molecule has 1 amide bonds. The molecule has 0 bridgehead atoms. The van der Waals surface area contributed by atoms with Gasteiger partial charge in [-0.3, -0.25) is 9.59 Å². The molecule has 0 radical (unpaired) electrons. The third-order valence-corrected chi connectivity index (χ3v) is 11.9. The number of nitrogens with one attached hydrogen (secondary N) is 1. The van der Waals surface area contributed by atoms with Gasteiger partial charge in [-0.2, -0.15) is 0 Å². The van der Waals surface area contributed by atoms with Gasteiger partial charge in [-0.05, 0) is 83.5 Å². The lowest BCUT2D eigenvalue weighted by Crippen LogP contribution is -2.45. The van der Waals surface area contributed by atoms with Crippen molar-refractivity contribution in [2.24, 2.45) is 0 Å². The molecule has 0 rings (SSSR count). The summed E-state index contributed by atoms with van der Waals surface area (Å²) in [6.45, 7) is 4.85. The summed E-state index contributed by atoms with van der Waals surface area (Å²) in [6.07, 6.45) is 60.0. The lowest BCUT2D eigenvalue weighted by Gasteiger charge is -2.20. The molecule has 0 aromatic rings. The number of carbonyl (C=O) groups is 2. The van der Waals surface area contributed by atoms with E-state index in [0.717, 1.165) is 51.4 Å². The summed E-state index contributed by atoms with van der Waals surface area (Å²) >= 11 is 0. The first-order valence-corrected chi connectivity index (χ1v) is 26.3. The Morgan fingerprint density at radius 2 is 0.783 bits per heavy atom. The van der Waals surface area contributed by atoms with Crippen LogP contribution >= 0.6 is 0 Å². The minimum atomic E-state index is -0.849. The monoisotopic (exact) mass is 844 g/mol. The van der Waals surface area contributed by atoms with Crippen molar-refractivity contribution in [3.8, 4) is 0 Å². The largest absolute Gasteiger partial charge is 0.466 e. The van der Waals surface area contributed by atoms with E-state index in [-0.39, 0.29) is 18.5 Å². The van der Waals surface area contributed by atoms with Crippen LogP contribution in [0, 0.1) is 0 Å². The van der Waals surface area contributed by atoms with Crippen molar-refractivity contribution in [1.29, 1.82) is 0 Å². The quantitative estimate of drug-likeness (QED) is 0.0322. The number of hydrogen-bond acceptors (Lipinski definition) is 5. The van der Waals surface area contributed by atoms with Crippen LogP contribution < -0.4 is 5.32 Å². The predicted molar refractivity (Wildman–Crippen MR) is 259 cm³/mol.